The van der Waals surface area contributed by atoms with E-state index < -0.39 is 0 Å². The molecule has 0 fully saturated rings. The van der Waals surface area contributed by atoms with E-state index in [0.29, 0.717) is 6.54 Å². The Morgan fingerprint density at radius 3 is 2.71 bits per heavy atom. The molecule has 0 saturated carbocycles. The van der Waals surface area contributed by atoms with Crippen molar-refractivity contribution in [3.05, 3.63) is 28.2 Å². The van der Waals surface area contributed by atoms with Crippen LogP contribution in [0.5, 0.6) is 5.75 Å². The lowest BCUT2D eigenvalue weighted by molar-refractivity contribution is 0.386. The molecule has 3 nitrogen and oxygen atoms in total. The van der Waals surface area contributed by atoms with Crippen LogP contribution in [-0.4, -0.2) is 26.7 Å². The van der Waals surface area contributed by atoms with E-state index in [4.69, 9.17) is 10.5 Å². The first-order valence-electron chi connectivity index (χ1n) is 5.76. The van der Waals surface area contributed by atoms with E-state index in [1.54, 1.807) is 7.11 Å². The molecule has 0 aliphatic carbocycles. The topological polar surface area (TPSA) is 47.3 Å². The van der Waals surface area contributed by atoms with Crippen LogP contribution < -0.4 is 15.8 Å². The maximum atomic E-state index is 5.48. The van der Waals surface area contributed by atoms with E-state index in [2.05, 4.69) is 41.2 Å². The van der Waals surface area contributed by atoms with Crippen LogP contribution in [0.2, 0.25) is 0 Å². The van der Waals surface area contributed by atoms with Crippen LogP contribution in [0.4, 0.5) is 0 Å². The molecule has 0 atom stereocenters. The molecule has 3 N–H and O–H groups in total. The number of halogens is 1. The van der Waals surface area contributed by atoms with Crippen molar-refractivity contribution < 1.29 is 4.74 Å². The number of methoxy groups -OCH3 is 1. The molecule has 96 valence electrons. The van der Waals surface area contributed by atoms with Crippen molar-refractivity contribution in [3.63, 3.8) is 0 Å². The summed E-state index contributed by atoms with van der Waals surface area (Å²) in [5.41, 5.74) is 6.68. The molecule has 0 aromatic heterocycles. The van der Waals surface area contributed by atoms with Crippen LogP contribution in [0.25, 0.3) is 0 Å². The highest BCUT2D eigenvalue weighted by Gasteiger charge is 2.24. The lowest BCUT2D eigenvalue weighted by Gasteiger charge is -2.27. The smallest absolute Gasteiger partial charge is 0.122 e. The second kappa shape index (κ2) is 6.38. The summed E-state index contributed by atoms with van der Waals surface area (Å²) in [5.74, 6) is 0.924. The Morgan fingerprint density at radius 2 is 2.12 bits per heavy atom. The van der Waals surface area contributed by atoms with Crippen LogP contribution >= 0.6 is 15.9 Å². The first-order chi connectivity index (χ1) is 8.01. The molecule has 0 heterocycles. The van der Waals surface area contributed by atoms with Crippen molar-refractivity contribution >= 4 is 15.9 Å². The van der Waals surface area contributed by atoms with Crippen molar-refractivity contribution in [3.8, 4) is 5.75 Å². The molecular weight excluding hydrogens is 280 g/mol. The van der Waals surface area contributed by atoms with E-state index in [1.807, 2.05) is 12.1 Å². The number of nitrogens with one attached hydrogen (secondary N) is 1. The maximum absolute atomic E-state index is 5.48. The largest absolute Gasteiger partial charge is 0.496 e. The quantitative estimate of drug-likeness (QED) is 0.793. The Kier molecular flexibility index (Phi) is 5.43. The minimum atomic E-state index is 0.00426. The molecular formula is C13H21BrN2O. The SMILES string of the molecule is COc1ccc(Br)cc1C(C)(C)CNCCN. The lowest BCUT2D eigenvalue weighted by atomic mass is 9.84. The van der Waals surface area contributed by atoms with Crippen LogP contribution in [0, 0.1) is 0 Å². The highest BCUT2D eigenvalue weighted by molar-refractivity contribution is 9.10. The second-order valence-corrected chi connectivity index (χ2v) is 5.61. The number of ether oxygens (including phenoxy) is 1. The Bertz CT molecular complexity index is 366. The fourth-order valence-corrected chi connectivity index (χ4v) is 2.17. The van der Waals surface area contributed by atoms with Gasteiger partial charge in [0.25, 0.3) is 0 Å². The highest BCUT2D eigenvalue weighted by atomic mass is 79.9. The van der Waals surface area contributed by atoms with Gasteiger partial charge >= 0.3 is 0 Å². The third-order valence-electron chi connectivity index (χ3n) is 2.78. The van der Waals surface area contributed by atoms with Gasteiger partial charge in [-0.05, 0) is 18.2 Å². The molecule has 0 aliphatic heterocycles. The van der Waals surface area contributed by atoms with Crippen LogP contribution in [0.15, 0.2) is 22.7 Å². The monoisotopic (exact) mass is 300 g/mol. The number of hydrogen-bond acceptors (Lipinski definition) is 3. The van der Waals surface area contributed by atoms with Gasteiger partial charge in [-0.3, -0.25) is 0 Å². The van der Waals surface area contributed by atoms with Gasteiger partial charge in [-0.25, -0.2) is 0 Å². The molecule has 0 aliphatic rings. The van der Waals surface area contributed by atoms with Crippen molar-refractivity contribution in [2.45, 2.75) is 19.3 Å². The average molecular weight is 301 g/mol. The van der Waals surface area contributed by atoms with Crippen LogP contribution in [-0.2, 0) is 5.41 Å². The third kappa shape index (κ3) is 3.98. The van der Waals surface area contributed by atoms with E-state index in [9.17, 15) is 0 Å². The summed E-state index contributed by atoms with van der Waals surface area (Å²) in [7, 11) is 1.70. The van der Waals surface area contributed by atoms with Gasteiger partial charge in [0.15, 0.2) is 0 Å². The van der Waals surface area contributed by atoms with Gasteiger partial charge in [-0.15, -0.1) is 0 Å². The van der Waals surface area contributed by atoms with Crippen molar-refractivity contribution in [2.75, 3.05) is 26.7 Å². The fourth-order valence-electron chi connectivity index (χ4n) is 1.81. The summed E-state index contributed by atoms with van der Waals surface area (Å²) < 4.78 is 6.49. The standard InChI is InChI=1S/C13H21BrN2O/c1-13(2,9-16-7-6-15)11-8-10(14)4-5-12(11)17-3/h4-5,8,16H,6-7,9,15H2,1-3H3. The number of nitrogens with two attached hydrogens (primary N) is 1. The third-order valence-corrected chi connectivity index (χ3v) is 3.27. The van der Waals surface area contributed by atoms with E-state index in [1.165, 1.54) is 5.56 Å². The summed E-state index contributed by atoms with van der Waals surface area (Å²) >= 11 is 3.50. The number of benzene rings is 1. The molecule has 0 spiro atoms. The molecule has 17 heavy (non-hydrogen) atoms. The van der Waals surface area contributed by atoms with Gasteiger partial charge in [0.2, 0.25) is 0 Å². The van der Waals surface area contributed by atoms with Crippen LogP contribution in [0.1, 0.15) is 19.4 Å². The minimum absolute atomic E-state index is 0.00426. The molecule has 1 aromatic rings. The molecule has 0 radical (unpaired) electrons. The molecule has 4 heteroatoms. The summed E-state index contributed by atoms with van der Waals surface area (Å²) in [6.07, 6.45) is 0. The van der Waals surface area contributed by atoms with E-state index in [0.717, 1.165) is 23.3 Å². The van der Waals surface area contributed by atoms with Gasteiger partial charge in [-0.1, -0.05) is 29.8 Å². The Balaban J connectivity index is 2.91. The summed E-state index contributed by atoms with van der Waals surface area (Å²) in [6, 6.07) is 6.10. The van der Waals surface area contributed by atoms with Gasteiger partial charge in [-0.2, -0.15) is 0 Å². The molecule has 0 amide bonds. The highest BCUT2D eigenvalue weighted by Crippen LogP contribution is 2.33. The molecule has 0 saturated heterocycles. The Hall–Kier alpha value is -0.580. The summed E-state index contributed by atoms with van der Waals surface area (Å²) in [4.78, 5) is 0. The molecule has 1 rings (SSSR count). The van der Waals surface area contributed by atoms with Gasteiger partial charge < -0.3 is 15.8 Å². The van der Waals surface area contributed by atoms with Crippen molar-refractivity contribution in [1.29, 1.82) is 0 Å². The second-order valence-electron chi connectivity index (χ2n) is 4.69. The number of rotatable bonds is 6. The fraction of sp³-hybridized carbons (Fsp3) is 0.538. The number of hydrogen-bond donors (Lipinski definition) is 2. The maximum Gasteiger partial charge on any atom is 0.122 e. The first-order valence-corrected chi connectivity index (χ1v) is 6.55. The van der Waals surface area contributed by atoms with Crippen LogP contribution in [0.3, 0.4) is 0 Å². The Morgan fingerprint density at radius 1 is 1.41 bits per heavy atom. The van der Waals surface area contributed by atoms with Gasteiger partial charge in [0.1, 0.15) is 5.75 Å². The predicted octanol–water partition coefficient (Wildman–Crippen LogP) is 2.28. The molecule has 1 aromatic carbocycles. The molecule has 0 bridgehead atoms. The average Bonchev–Trinajstić information content (AvgIpc) is 2.29. The van der Waals surface area contributed by atoms with E-state index in [-0.39, 0.29) is 5.41 Å². The minimum Gasteiger partial charge on any atom is -0.496 e. The van der Waals surface area contributed by atoms with Crippen molar-refractivity contribution in [2.24, 2.45) is 5.73 Å². The lowest BCUT2D eigenvalue weighted by Crippen LogP contribution is -2.35. The Labute approximate surface area is 112 Å². The van der Waals surface area contributed by atoms with E-state index >= 15 is 0 Å². The zero-order valence-corrected chi connectivity index (χ0v) is 12.3. The van der Waals surface area contributed by atoms with Gasteiger partial charge in [0.05, 0.1) is 7.11 Å². The zero-order chi connectivity index (χ0) is 12.9. The summed E-state index contributed by atoms with van der Waals surface area (Å²) in [6.45, 7) is 6.75. The predicted molar refractivity (Wildman–Crippen MR) is 75.6 cm³/mol. The zero-order valence-electron chi connectivity index (χ0n) is 10.7. The van der Waals surface area contributed by atoms with Crippen molar-refractivity contribution in [1.82, 2.24) is 5.32 Å². The van der Waals surface area contributed by atoms with Gasteiger partial charge in [0, 0.05) is 35.1 Å². The summed E-state index contributed by atoms with van der Waals surface area (Å²) in [5, 5.41) is 3.35. The first kappa shape index (κ1) is 14.5. The normalized spacial score (nSPS) is 11.6. The molecule has 0 unspecified atom stereocenters.